The highest BCUT2D eigenvalue weighted by Gasteiger charge is 2.32. The van der Waals surface area contributed by atoms with Crippen LogP contribution >= 0.6 is 0 Å². The van der Waals surface area contributed by atoms with Crippen LogP contribution in [0.4, 0.5) is 0 Å². The lowest BCUT2D eigenvalue weighted by atomic mass is 9.86. The van der Waals surface area contributed by atoms with Gasteiger partial charge in [-0.05, 0) is 49.9 Å². The third kappa shape index (κ3) is 4.71. The Morgan fingerprint density at radius 1 is 1.04 bits per heavy atom. The Labute approximate surface area is 141 Å². The second-order valence-corrected chi connectivity index (χ2v) is 7.63. The van der Waals surface area contributed by atoms with E-state index in [-0.39, 0.29) is 0 Å². The smallest absolute Gasteiger partial charge is 0.127 e. The summed E-state index contributed by atoms with van der Waals surface area (Å²) in [4.78, 5) is 3.65. The molecule has 1 aromatic carbocycles. The van der Waals surface area contributed by atoms with Crippen LogP contribution in [-0.2, 0) is 6.54 Å². The molecule has 0 bridgehead atoms. The Bertz CT molecular complexity index is 465. The maximum absolute atomic E-state index is 5.53. The van der Waals surface area contributed by atoms with Gasteiger partial charge in [-0.25, -0.2) is 0 Å². The molecule has 2 N–H and O–H groups in total. The van der Waals surface area contributed by atoms with Gasteiger partial charge < -0.3 is 14.5 Å². The fourth-order valence-electron chi connectivity index (χ4n) is 4.47. The Hall–Kier alpha value is -1.06. The quantitative estimate of drug-likeness (QED) is 0.827. The van der Waals surface area contributed by atoms with Gasteiger partial charge in [0.2, 0.25) is 0 Å². The number of quaternary nitrogens is 2. The number of rotatable bonds is 5. The number of hydrogen-bond acceptors (Lipinski definition) is 1. The second kappa shape index (κ2) is 8.16. The average Bonchev–Trinajstić information content (AvgIpc) is 2.58. The molecule has 3 rings (SSSR count). The third-order valence-electron chi connectivity index (χ3n) is 5.80. The molecule has 0 aromatic heterocycles. The summed E-state index contributed by atoms with van der Waals surface area (Å²) in [6.45, 7) is 11.8. The molecule has 1 aliphatic heterocycles. The predicted molar refractivity (Wildman–Crippen MR) is 94.1 cm³/mol. The van der Waals surface area contributed by atoms with Gasteiger partial charge in [0.05, 0.1) is 12.6 Å². The molecule has 2 atom stereocenters. The van der Waals surface area contributed by atoms with E-state index in [1.807, 2.05) is 11.8 Å². The van der Waals surface area contributed by atoms with Crippen LogP contribution in [0.25, 0.3) is 0 Å². The molecule has 0 amide bonds. The minimum atomic E-state index is 0.745. The van der Waals surface area contributed by atoms with Crippen molar-refractivity contribution < 1.29 is 14.5 Å². The van der Waals surface area contributed by atoms with Crippen LogP contribution in [0.15, 0.2) is 24.3 Å². The normalized spacial score (nSPS) is 31.7. The van der Waals surface area contributed by atoms with Gasteiger partial charge in [-0.1, -0.05) is 13.3 Å². The summed E-state index contributed by atoms with van der Waals surface area (Å²) in [6, 6.07) is 9.65. The highest BCUT2D eigenvalue weighted by atomic mass is 16.5. The summed E-state index contributed by atoms with van der Waals surface area (Å²) in [5.41, 5.74) is 1.44. The molecule has 1 aromatic rings. The zero-order valence-corrected chi connectivity index (χ0v) is 14.9. The third-order valence-corrected chi connectivity index (χ3v) is 5.80. The van der Waals surface area contributed by atoms with E-state index in [1.54, 1.807) is 4.90 Å². The number of hydrogen-bond donors (Lipinski definition) is 2. The van der Waals surface area contributed by atoms with Crippen molar-refractivity contribution in [2.75, 3.05) is 32.8 Å². The highest BCUT2D eigenvalue weighted by Crippen LogP contribution is 2.21. The molecule has 0 spiro atoms. The topological polar surface area (TPSA) is 18.1 Å². The molecule has 0 radical (unpaired) electrons. The molecule has 2 aliphatic rings. The van der Waals surface area contributed by atoms with E-state index >= 15 is 0 Å². The van der Waals surface area contributed by atoms with Gasteiger partial charge in [-0.15, -0.1) is 0 Å². The fraction of sp³-hybridized carbons (Fsp3) is 0.700. The Morgan fingerprint density at radius 2 is 1.78 bits per heavy atom. The number of nitrogens with one attached hydrogen (secondary N) is 2. The van der Waals surface area contributed by atoms with E-state index < -0.39 is 0 Å². The summed E-state index contributed by atoms with van der Waals surface area (Å²) in [5, 5.41) is 0. The molecule has 0 unspecified atom stereocenters. The molecule has 1 aliphatic carbocycles. The molecule has 3 nitrogen and oxygen atoms in total. The summed E-state index contributed by atoms with van der Waals surface area (Å²) >= 11 is 0. The molecule has 128 valence electrons. The molecule has 1 saturated heterocycles. The zero-order chi connectivity index (χ0) is 16.1. The van der Waals surface area contributed by atoms with Crippen molar-refractivity contribution in [1.29, 1.82) is 0 Å². The van der Waals surface area contributed by atoms with Crippen molar-refractivity contribution in [3.63, 3.8) is 0 Å². The van der Waals surface area contributed by atoms with E-state index in [9.17, 15) is 0 Å². The maximum Gasteiger partial charge on any atom is 0.127 e. The SMILES string of the molecule is CCOc1ccc(C[NH+]2CC[NH+]([C@@H]3CCC[C@H](C)C3)CC2)cc1. The average molecular weight is 319 g/mol. The van der Waals surface area contributed by atoms with Crippen LogP contribution in [0.3, 0.4) is 0 Å². The van der Waals surface area contributed by atoms with Gasteiger partial charge in [0.25, 0.3) is 0 Å². The van der Waals surface area contributed by atoms with Crippen molar-refractivity contribution in [1.82, 2.24) is 0 Å². The maximum atomic E-state index is 5.53. The monoisotopic (exact) mass is 318 g/mol. The Balaban J connectivity index is 1.45. The van der Waals surface area contributed by atoms with E-state index in [2.05, 4.69) is 31.2 Å². The van der Waals surface area contributed by atoms with E-state index in [4.69, 9.17) is 4.74 Å². The van der Waals surface area contributed by atoms with Crippen molar-refractivity contribution >= 4 is 0 Å². The van der Waals surface area contributed by atoms with Crippen molar-refractivity contribution in [2.24, 2.45) is 5.92 Å². The van der Waals surface area contributed by atoms with E-state index in [0.717, 1.165) is 24.3 Å². The van der Waals surface area contributed by atoms with Crippen molar-refractivity contribution in [3.05, 3.63) is 29.8 Å². The van der Waals surface area contributed by atoms with Crippen LogP contribution in [0.5, 0.6) is 5.75 Å². The van der Waals surface area contributed by atoms with Gasteiger partial charge in [-0.3, -0.25) is 0 Å². The highest BCUT2D eigenvalue weighted by molar-refractivity contribution is 5.26. The van der Waals surface area contributed by atoms with Crippen LogP contribution in [-0.4, -0.2) is 38.8 Å². The molecular formula is C20H34N2O+2. The van der Waals surface area contributed by atoms with Gasteiger partial charge >= 0.3 is 0 Å². The first kappa shape index (κ1) is 16.8. The van der Waals surface area contributed by atoms with E-state index in [0.29, 0.717) is 0 Å². The lowest BCUT2D eigenvalue weighted by Gasteiger charge is -2.37. The molecule has 3 heteroatoms. The summed E-state index contributed by atoms with van der Waals surface area (Å²) in [5.74, 6) is 1.95. The fourth-order valence-corrected chi connectivity index (χ4v) is 4.47. The molecule has 23 heavy (non-hydrogen) atoms. The van der Waals surface area contributed by atoms with Crippen LogP contribution < -0.4 is 14.5 Å². The van der Waals surface area contributed by atoms with Gasteiger partial charge in [0.1, 0.15) is 38.5 Å². The summed E-state index contributed by atoms with van der Waals surface area (Å²) in [6.07, 6.45) is 5.84. The Morgan fingerprint density at radius 3 is 2.43 bits per heavy atom. The van der Waals surface area contributed by atoms with Crippen molar-refractivity contribution in [3.8, 4) is 5.75 Å². The lowest BCUT2D eigenvalue weighted by Crippen LogP contribution is -3.29. The second-order valence-electron chi connectivity index (χ2n) is 7.63. The first-order chi connectivity index (χ1) is 11.2. The van der Waals surface area contributed by atoms with Crippen LogP contribution in [0.2, 0.25) is 0 Å². The molecular weight excluding hydrogens is 284 g/mol. The number of benzene rings is 1. The van der Waals surface area contributed by atoms with Gasteiger partial charge in [0, 0.05) is 12.0 Å². The standard InChI is InChI=1S/C20H32N2O/c1-3-23-20-9-7-18(8-10-20)16-21-11-13-22(14-12-21)19-6-4-5-17(2)15-19/h7-10,17,19H,3-6,11-16H2,1-2H3/p+2/t17-,19+/m0/s1. The number of ether oxygens (including phenoxy) is 1. The zero-order valence-electron chi connectivity index (χ0n) is 14.9. The first-order valence-electron chi connectivity index (χ1n) is 9.64. The summed E-state index contributed by atoms with van der Waals surface area (Å²) < 4.78 is 5.53. The lowest BCUT2D eigenvalue weighted by molar-refractivity contribution is -1.03. The van der Waals surface area contributed by atoms with Crippen LogP contribution in [0, 0.1) is 5.92 Å². The largest absolute Gasteiger partial charge is 0.494 e. The summed E-state index contributed by atoms with van der Waals surface area (Å²) in [7, 11) is 0. The first-order valence-corrected chi connectivity index (χ1v) is 9.64. The molecule has 1 saturated carbocycles. The van der Waals surface area contributed by atoms with Gasteiger partial charge in [0.15, 0.2) is 0 Å². The van der Waals surface area contributed by atoms with E-state index in [1.165, 1.54) is 64.0 Å². The van der Waals surface area contributed by atoms with Gasteiger partial charge in [-0.2, -0.15) is 0 Å². The molecule has 1 heterocycles. The minimum absolute atomic E-state index is 0.745. The Kier molecular flexibility index (Phi) is 5.96. The molecule has 2 fully saturated rings. The number of piperazine rings is 1. The minimum Gasteiger partial charge on any atom is -0.494 e. The van der Waals surface area contributed by atoms with Crippen molar-refractivity contribution in [2.45, 2.75) is 52.1 Å². The predicted octanol–water partition coefficient (Wildman–Crippen LogP) is 0.947. The van der Waals surface area contributed by atoms with Crippen LogP contribution in [0.1, 0.15) is 45.1 Å².